The molecule has 1 N–H and O–H groups in total. The Kier molecular flexibility index (Phi) is 5.17. The Labute approximate surface area is 166 Å². The van der Waals surface area contributed by atoms with Crippen molar-refractivity contribution in [1.82, 2.24) is 14.5 Å². The van der Waals surface area contributed by atoms with Crippen LogP contribution in [0, 0.1) is 6.92 Å². The summed E-state index contributed by atoms with van der Waals surface area (Å²) < 4.78 is 3.06. The van der Waals surface area contributed by atoms with E-state index in [0.29, 0.717) is 15.9 Å². The molecule has 0 bridgehead atoms. The smallest absolute Gasteiger partial charge is 0.336 e. The summed E-state index contributed by atoms with van der Waals surface area (Å²) in [4.78, 5) is 38.8. The average Bonchev–Trinajstić information content (AvgIpc) is 3.16. The van der Waals surface area contributed by atoms with Crippen LogP contribution in [0.25, 0.3) is 15.9 Å². The van der Waals surface area contributed by atoms with Crippen molar-refractivity contribution in [3.8, 4) is 5.69 Å². The molecule has 28 heavy (non-hydrogen) atoms. The van der Waals surface area contributed by atoms with Gasteiger partial charge in [0.1, 0.15) is 11.2 Å². The van der Waals surface area contributed by atoms with Gasteiger partial charge in [0.05, 0.1) is 11.2 Å². The zero-order valence-electron chi connectivity index (χ0n) is 15.8. The molecule has 2 heterocycles. The monoisotopic (exact) mass is 397 g/mol. The molecule has 0 unspecified atom stereocenters. The number of thiophene rings is 1. The van der Waals surface area contributed by atoms with Gasteiger partial charge in [-0.15, -0.1) is 11.3 Å². The number of amides is 1. The van der Waals surface area contributed by atoms with Gasteiger partial charge in [-0.2, -0.15) is 0 Å². The summed E-state index contributed by atoms with van der Waals surface area (Å²) >= 11 is 1.29. The number of fused-ring (bicyclic) bond motifs is 1. The maximum Gasteiger partial charge on any atom is 0.336 e. The lowest BCUT2D eigenvalue weighted by Crippen LogP contribution is -2.43. The second-order valence-electron chi connectivity index (χ2n) is 7.39. The number of carbonyl (C=O) groups is 1. The van der Waals surface area contributed by atoms with Crippen LogP contribution in [0.4, 0.5) is 0 Å². The van der Waals surface area contributed by atoms with Crippen LogP contribution in [-0.2, 0) is 11.3 Å². The Morgan fingerprint density at radius 1 is 1.18 bits per heavy atom. The fraction of sp³-hybridized carbons (Fsp3) is 0.381. The summed E-state index contributed by atoms with van der Waals surface area (Å²) in [6, 6.07) is 9.18. The molecular weight excluding hydrogens is 374 g/mol. The van der Waals surface area contributed by atoms with E-state index in [2.05, 4.69) is 5.32 Å². The molecule has 1 aliphatic carbocycles. The van der Waals surface area contributed by atoms with Crippen molar-refractivity contribution in [2.75, 3.05) is 0 Å². The molecule has 1 aliphatic rings. The van der Waals surface area contributed by atoms with Crippen LogP contribution < -0.4 is 16.6 Å². The van der Waals surface area contributed by atoms with Crippen LogP contribution in [0.3, 0.4) is 0 Å². The van der Waals surface area contributed by atoms with Gasteiger partial charge in [-0.05, 0) is 48.9 Å². The molecule has 1 fully saturated rings. The van der Waals surface area contributed by atoms with E-state index in [1.54, 1.807) is 23.6 Å². The zero-order valence-corrected chi connectivity index (χ0v) is 16.6. The molecule has 0 radical (unpaired) electrons. The van der Waals surface area contributed by atoms with Crippen molar-refractivity contribution in [3.05, 3.63) is 62.1 Å². The van der Waals surface area contributed by atoms with E-state index in [0.717, 1.165) is 31.2 Å². The topological polar surface area (TPSA) is 73.1 Å². The Balaban J connectivity index is 1.75. The first-order valence-corrected chi connectivity index (χ1v) is 10.5. The van der Waals surface area contributed by atoms with Crippen LogP contribution in [0.2, 0.25) is 0 Å². The molecule has 0 saturated heterocycles. The van der Waals surface area contributed by atoms with Gasteiger partial charge in [-0.25, -0.2) is 9.36 Å². The van der Waals surface area contributed by atoms with Crippen LogP contribution in [-0.4, -0.2) is 21.1 Å². The Morgan fingerprint density at radius 3 is 2.71 bits per heavy atom. The van der Waals surface area contributed by atoms with Gasteiger partial charge in [-0.1, -0.05) is 31.4 Å². The summed E-state index contributed by atoms with van der Waals surface area (Å²) in [5.41, 5.74) is 1.16. The predicted molar refractivity (Wildman–Crippen MR) is 111 cm³/mol. The summed E-state index contributed by atoms with van der Waals surface area (Å²) in [5.74, 6) is -0.184. The van der Waals surface area contributed by atoms with Gasteiger partial charge < -0.3 is 5.32 Å². The molecule has 7 heteroatoms. The molecule has 4 rings (SSSR count). The second kappa shape index (κ2) is 7.75. The van der Waals surface area contributed by atoms with Crippen LogP contribution >= 0.6 is 11.3 Å². The molecule has 0 atom stereocenters. The van der Waals surface area contributed by atoms with Gasteiger partial charge in [0.25, 0.3) is 5.56 Å². The number of hydrogen-bond donors (Lipinski definition) is 1. The van der Waals surface area contributed by atoms with Gasteiger partial charge in [-0.3, -0.25) is 14.2 Å². The zero-order chi connectivity index (χ0) is 19.7. The van der Waals surface area contributed by atoms with E-state index in [9.17, 15) is 14.4 Å². The van der Waals surface area contributed by atoms with Crippen LogP contribution in [0.1, 0.15) is 37.7 Å². The number of nitrogens with zero attached hydrogens (tertiary/aromatic N) is 2. The minimum absolute atomic E-state index is 0.0886. The largest absolute Gasteiger partial charge is 0.352 e. The fourth-order valence-corrected chi connectivity index (χ4v) is 4.72. The molecule has 1 amide bonds. The van der Waals surface area contributed by atoms with Gasteiger partial charge in [0.2, 0.25) is 5.91 Å². The number of aromatic nitrogens is 2. The average molecular weight is 398 g/mol. The highest BCUT2D eigenvalue weighted by Gasteiger charge is 2.20. The molecule has 2 aromatic heterocycles. The Morgan fingerprint density at radius 2 is 1.96 bits per heavy atom. The molecule has 1 saturated carbocycles. The van der Waals surface area contributed by atoms with Crippen LogP contribution in [0.5, 0.6) is 0 Å². The molecule has 1 aromatic carbocycles. The van der Waals surface area contributed by atoms with E-state index in [1.165, 1.54) is 26.9 Å². The number of benzene rings is 1. The van der Waals surface area contributed by atoms with Crippen molar-refractivity contribution in [2.24, 2.45) is 0 Å². The van der Waals surface area contributed by atoms with E-state index in [-0.39, 0.29) is 24.1 Å². The van der Waals surface area contributed by atoms with Gasteiger partial charge in [0.15, 0.2) is 0 Å². The molecular formula is C21H23N3O3S. The lowest BCUT2D eigenvalue weighted by molar-refractivity contribution is -0.122. The van der Waals surface area contributed by atoms with Crippen molar-refractivity contribution in [1.29, 1.82) is 0 Å². The number of hydrogen-bond acceptors (Lipinski definition) is 4. The van der Waals surface area contributed by atoms with Crippen molar-refractivity contribution < 1.29 is 4.79 Å². The molecule has 0 aliphatic heterocycles. The first-order chi connectivity index (χ1) is 13.5. The summed E-state index contributed by atoms with van der Waals surface area (Å²) in [5, 5.41) is 4.83. The highest BCUT2D eigenvalue weighted by Crippen LogP contribution is 2.18. The van der Waals surface area contributed by atoms with E-state index >= 15 is 0 Å². The van der Waals surface area contributed by atoms with Crippen LogP contribution in [0.15, 0.2) is 45.3 Å². The predicted octanol–water partition coefficient (Wildman–Crippen LogP) is 2.97. The summed E-state index contributed by atoms with van der Waals surface area (Å²) in [6.07, 6.45) is 5.42. The van der Waals surface area contributed by atoms with Gasteiger partial charge >= 0.3 is 5.69 Å². The standard InChI is InChI=1S/C21H23N3O3S/c1-14-6-5-9-16(12-14)24-20(26)19-17(10-11-28-19)23(21(24)27)13-18(25)22-15-7-3-2-4-8-15/h5-6,9-12,15H,2-4,7-8,13H2,1H3,(H,22,25). The van der Waals surface area contributed by atoms with Crippen molar-refractivity contribution >= 4 is 27.5 Å². The Hall–Kier alpha value is -2.67. The third kappa shape index (κ3) is 3.54. The highest BCUT2D eigenvalue weighted by atomic mass is 32.1. The maximum atomic E-state index is 13.2. The number of aryl methyl sites for hydroxylation is 1. The van der Waals surface area contributed by atoms with E-state index < -0.39 is 5.69 Å². The maximum absolute atomic E-state index is 13.2. The molecule has 3 aromatic rings. The second-order valence-corrected chi connectivity index (χ2v) is 8.30. The number of nitrogens with one attached hydrogen (secondary N) is 1. The first-order valence-electron chi connectivity index (χ1n) is 9.64. The Bertz CT molecular complexity index is 1140. The SMILES string of the molecule is Cc1cccc(-n2c(=O)c3sccc3n(CC(=O)NC3CCCCC3)c2=O)c1. The summed E-state index contributed by atoms with van der Waals surface area (Å²) in [7, 11) is 0. The highest BCUT2D eigenvalue weighted by molar-refractivity contribution is 7.17. The lowest BCUT2D eigenvalue weighted by Gasteiger charge is -2.23. The van der Waals surface area contributed by atoms with Crippen molar-refractivity contribution in [3.63, 3.8) is 0 Å². The number of carbonyl (C=O) groups excluding carboxylic acids is 1. The first kappa shape index (κ1) is 18.7. The summed E-state index contributed by atoms with van der Waals surface area (Å²) in [6.45, 7) is 1.82. The molecule has 146 valence electrons. The van der Waals surface area contributed by atoms with E-state index in [4.69, 9.17) is 0 Å². The van der Waals surface area contributed by atoms with Gasteiger partial charge in [0, 0.05) is 6.04 Å². The fourth-order valence-electron chi connectivity index (χ4n) is 3.90. The number of rotatable bonds is 4. The lowest BCUT2D eigenvalue weighted by atomic mass is 9.95. The third-order valence-electron chi connectivity index (χ3n) is 5.29. The minimum Gasteiger partial charge on any atom is -0.352 e. The quantitative estimate of drug-likeness (QED) is 0.736. The third-order valence-corrected chi connectivity index (χ3v) is 6.18. The molecule has 0 spiro atoms. The normalized spacial score (nSPS) is 15.0. The molecule has 6 nitrogen and oxygen atoms in total. The van der Waals surface area contributed by atoms with Crippen molar-refractivity contribution in [2.45, 2.75) is 51.6 Å². The minimum atomic E-state index is -0.486. The van der Waals surface area contributed by atoms with E-state index in [1.807, 2.05) is 19.1 Å².